The fraction of sp³-hybridized carbons (Fsp3) is 0.0769. The van der Waals surface area contributed by atoms with E-state index in [1.54, 1.807) is 0 Å². The molecule has 3 N–H and O–H groups in total. The first-order chi connectivity index (χ1) is 9.79. The third kappa shape index (κ3) is 3.69. The molecule has 0 bridgehead atoms. The first-order valence-electron chi connectivity index (χ1n) is 5.78. The lowest BCUT2D eigenvalue weighted by Crippen LogP contribution is -2.24. The van der Waals surface area contributed by atoms with Gasteiger partial charge >= 0.3 is 0 Å². The number of nitrogens with two attached hydrogens (primary N) is 1. The van der Waals surface area contributed by atoms with Gasteiger partial charge in [0.15, 0.2) is 0 Å². The summed E-state index contributed by atoms with van der Waals surface area (Å²) in [6.45, 7) is -0.405. The summed E-state index contributed by atoms with van der Waals surface area (Å²) in [5.74, 6) is -1.37. The summed E-state index contributed by atoms with van der Waals surface area (Å²) in [5.41, 5.74) is 5.48. The van der Waals surface area contributed by atoms with Gasteiger partial charge in [0.25, 0.3) is 0 Å². The number of anilines is 1. The molecule has 0 spiro atoms. The normalized spacial score (nSPS) is 11.6. The zero-order chi connectivity index (χ0) is 15.6. The fourth-order valence-corrected chi connectivity index (χ4v) is 3.07. The Morgan fingerprint density at radius 1 is 1.14 bits per heavy atom. The van der Waals surface area contributed by atoms with E-state index in [4.69, 9.17) is 17.3 Å². The van der Waals surface area contributed by atoms with Gasteiger partial charge in [-0.3, -0.25) is 0 Å². The number of nitrogen functional groups attached to an aromatic ring is 1. The summed E-state index contributed by atoms with van der Waals surface area (Å²) in [6, 6.07) is 6.76. The number of sulfonamides is 1. The lowest BCUT2D eigenvalue weighted by atomic mass is 10.2. The van der Waals surface area contributed by atoms with Gasteiger partial charge in [0, 0.05) is 17.1 Å². The van der Waals surface area contributed by atoms with E-state index in [0.717, 1.165) is 18.2 Å². The van der Waals surface area contributed by atoms with Crippen LogP contribution in [-0.4, -0.2) is 8.42 Å². The maximum absolute atomic E-state index is 13.4. The van der Waals surface area contributed by atoms with Crippen molar-refractivity contribution in [1.29, 1.82) is 0 Å². The van der Waals surface area contributed by atoms with Crippen molar-refractivity contribution in [3.8, 4) is 0 Å². The minimum atomic E-state index is -3.99. The minimum Gasteiger partial charge on any atom is -0.398 e. The number of hydrogen-bond acceptors (Lipinski definition) is 3. The summed E-state index contributed by atoms with van der Waals surface area (Å²) >= 11 is 5.73. The Balaban J connectivity index is 2.26. The van der Waals surface area contributed by atoms with E-state index in [2.05, 4.69) is 4.72 Å². The lowest BCUT2D eigenvalue weighted by Gasteiger charge is -2.10. The molecule has 2 rings (SSSR count). The lowest BCUT2D eigenvalue weighted by molar-refractivity contribution is 0.567. The Kier molecular flexibility index (Phi) is 4.46. The van der Waals surface area contributed by atoms with Gasteiger partial charge in [-0.25, -0.2) is 21.9 Å². The Hall–Kier alpha value is -1.70. The summed E-state index contributed by atoms with van der Waals surface area (Å²) in [7, 11) is -3.99. The molecule has 2 aromatic rings. The van der Waals surface area contributed by atoms with Crippen LogP contribution in [0.3, 0.4) is 0 Å². The second-order valence-corrected chi connectivity index (χ2v) is 6.41. The van der Waals surface area contributed by atoms with Gasteiger partial charge in [0.2, 0.25) is 10.0 Å². The molecule has 0 fully saturated rings. The van der Waals surface area contributed by atoms with Crippen LogP contribution < -0.4 is 10.5 Å². The number of rotatable bonds is 4. The van der Waals surface area contributed by atoms with Crippen molar-refractivity contribution in [2.24, 2.45) is 0 Å². The van der Waals surface area contributed by atoms with E-state index in [1.165, 1.54) is 18.2 Å². The van der Waals surface area contributed by atoms with Gasteiger partial charge in [-0.1, -0.05) is 11.6 Å². The monoisotopic (exact) mass is 332 g/mol. The predicted octanol–water partition coefficient (Wildman–Crippen LogP) is 2.68. The summed E-state index contributed by atoms with van der Waals surface area (Å²) in [4.78, 5) is -0.216. The maximum Gasteiger partial charge on any atom is 0.242 e. The van der Waals surface area contributed by atoms with Crippen molar-refractivity contribution in [3.05, 3.63) is 58.6 Å². The molecule has 0 unspecified atom stereocenters. The molecule has 112 valence electrons. The average molecular weight is 333 g/mol. The molecule has 0 radical (unpaired) electrons. The minimum absolute atomic E-state index is 0.00612. The van der Waals surface area contributed by atoms with Crippen LogP contribution in [0.5, 0.6) is 0 Å². The van der Waals surface area contributed by atoms with E-state index in [9.17, 15) is 17.2 Å². The van der Waals surface area contributed by atoms with Crippen molar-refractivity contribution in [2.75, 3.05) is 5.73 Å². The van der Waals surface area contributed by atoms with E-state index >= 15 is 0 Å². The Labute approximate surface area is 125 Å². The SMILES string of the molecule is Nc1ccc(Cl)cc1S(=O)(=O)NCc1cc(F)ccc1F. The molecule has 0 aliphatic carbocycles. The third-order valence-electron chi connectivity index (χ3n) is 2.73. The zero-order valence-corrected chi connectivity index (χ0v) is 12.2. The van der Waals surface area contributed by atoms with Crippen LogP contribution in [-0.2, 0) is 16.6 Å². The van der Waals surface area contributed by atoms with E-state index < -0.39 is 28.2 Å². The first-order valence-corrected chi connectivity index (χ1v) is 7.64. The van der Waals surface area contributed by atoms with Gasteiger partial charge in [-0.15, -0.1) is 0 Å². The molecule has 0 aromatic heterocycles. The number of benzene rings is 2. The Bertz CT molecular complexity index is 782. The summed E-state index contributed by atoms with van der Waals surface area (Å²) in [5, 5.41) is 0.196. The van der Waals surface area contributed by atoms with Crippen LogP contribution in [0.15, 0.2) is 41.3 Å². The molecule has 0 saturated heterocycles. The molecule has 21 heavy (non-hydrogen) atoms. The molecule has 0 aliphatic rings. The van der Waals surface area contributed by atoms with Crippen LogP contribution in [0.2, 0.25) is 5.02 Å². The molecule has 0 aliphatic heterocycles. The number of halogens is 3. The molecular formula is C13H11ClF2N2O2S. The number of hydrogen-bond donors (Lipinski definition) is 2. The van der Waals surface area contributed by atoms with Crippen molar-refractivity contribution >= 4 is 27.3 Å². The molecule has 0 amide bonds. The summed E-state index contributed by atoms with van der Waals surface area (Å²) in [6.07, 6.45) is 0. The molecular weight excluding hydrogens is 322 g/mol. The van der Waals surface area contributed by atoms with Gasteiger partial charge in [-0.2, -0.15) is 0 Å². The number of nitrogens with one attached hydrogen (secondary N) is 1. The van der Waals surface area contributed by atoms with Crippen molar-refractivity contribution in [1.82, 2.24) is 4.72 Å². The zero-order valence-electron chi connectivity index (χ0n) is 10.6. The quantitative estimate of drug-likeness (QED) is 0.845. The van der Waals surface area contributed by atoms with Crippen LogP contribution in [0.25, 0.3) is 0 Å². The van der Waals surface area contributed by atoms with Gasteiger partial charge in [-0.05, 0) is 36.4 Å². The molecule has 2 aromatic carbocycles. The van der Waals surface area contributed by atoms with Gasteiger partial charge in [0.1, 0.15) is 16.5 Å². The second-order valence-electron chi connectivity index (χ2n) is 4.24. The largest absolute Gasteiger partial charge is 0.398 e. The van der Waals surface area contributed by atoms with Crippen molar-refractivity contribution in [3.63, 3.8) is 0 Å². The highest BCUT2D eigenvalue weighted by Gasteiger charge is 2.18. The average Bonchev–Trinajstić information content (AvgIpc) is 2.42. The fourth-order valence-electron chi connectivity index (χ4n) is 1.67. The van der Waals surface area contributed by atoms with Gasteiger partial charge in [0.05, 0.1) is 5.69 Å². The van der Waals surface area contributed by atoms with Crippen LogP contribution in [0.4, 0.5) is 14.5 Å². The second kappa shape index (κ2) is 5.97. The van der Waals surface area contributed by atoms with Crippen molar-refractivity contribution < 1.29 is 17.2 Å². The topological polar surface area (TPSA) is 72.2 Å². The predicted molar refractivity (Wildman–Crippen MR) is 76.2 cm³/mol. The van der Waals surface area contributed by atoms with Crippen LogP contribution in [0.1, 0.15) is 5.56 Å². The molecule has 8 heteroatoms. The highest BCUT2D eigenvalue weighted by atomic mass is 35.5. The maximum atomic E-state index is 13.4. The van der Waals surface area contributed by atoms with Gasteiger partial charge < -0.3 is 5.73 Å². The van der Waals surface area contributed by atoms with Crippen molar-refractivity contribution in [2.45, 2.75) is 11.4 Å². The summed E-state index contributed by atoms with van der Waals surface area (Å²) < 4.78 is 52.8. The Morgan fingerprint density at radius 3 is 2.57 bits per heavy atom. The highest BCUT2D eigenvalue weighted by Crippen LogP contribution is 2.22. The van der Waals surface area contributed by atoms with Crippen LogP contribution >= 0.6 is 11.6 Å². The third-order valence-corrected chi connectivity index (χ3v) is 4.42. The Morgan fingerprint density at radius 2 is 1.86 bits per heavy atom. The highest BCUT2D eigenvalue weighted by molar-refractivity contribution is 7.89. The smallest absolute Gasteiger partial charge is 0.242 e. The van der Waals surface area contributed by atoms with E-state index in [-0.39, 0.29) is 21.2 Å². The van der Waals surface area contributed by atoms with E-state index in [1.807, 2.05) is 0 Å². The first kappa shape index (κ1) is 15.7. The molecule has 0 saturated carbocycles. The molecule has 4 nitrogen and oxygen atoms in total. The van der Waals surface area contributed by atoms with E-state index in [0.29, 0.717) is 0 Å². The standard InChI is InChI=1S/C13H11ClF2N2O2S/c14-9-1-4-12(17)13(6-9)21(19,20)18-7-8-5-10(15)2-3-11(8)16/h1-6,18H,7,17H2. The van der Waals surface area contributed by atoms with Crippen LogP contribution in [0, 0.1) is 11.6 Å². The molecule has 0 atom stereocenters. The molecule has 0 heterocycles.